The lowest BCUT2D eigenvalue weighted by Gasteiger charge is -2.06. The zero-order chi connectivity index (χ0) is 12.4. The normalized spacial score (nSPS) is 10.2. The van der Waals surface area contributed by atoms with Crippen molar-refractivity contribution in [3.63, 3.8) is 0 Å². The first-order valence-electron chi connectivity index (χ1n) is 5.16. The van der Waals surface area contributed by atoms with E-state index in [-0.39, 0.29) is 0 Å². The number of carbonyl (C=O) groups excluding carboxylic acids is 1. The van der Waals surface area contributed by atoms with Gasteiger partial charge >= 0.3 is 0 Å². The van der Waals surface area contributed by atoms with Crippen LogP contribution in [0.1, 0.15) is 16.1 Å². The van der Waals surface area contributed by atoms with E-state index in [4.69, 9.17) is 10.5 Å². The van der Waals surface area contributed by atoms with Crippen molar-refractivity contribution in [2.45, 2.75) is 6.92 Å². The first kappa shape index (κ1) is 11.2. The fourth-order valence-corrected chi connectivity index (χ4v) is 1.64. The van der Waals surface area contributed by atoms with Gasteiger partial charge in [0.25, 0.3) is 5.91 Å². The van der Waals surface area contributed by atoms with Crippen LogP contribution in [0.25, 0.3) is 0 Å². The molecule has 2 aromatic rings. The Bertz CT molecular complexity index is 546. The number of nitrogens with two attached hydrogens (primary N) is 1. The fraction of sp³-hybridized carbons (Fsp3) is 0.167. The predicted molar refractivity (Wildman–Crippen MR) is 63.0 cm³/mol. The Hall–Kier alpha value is -2.30. The Balaban J connectivity index is 2.42. The molecule has 17 heavy (non-hydrogen) atoms. The molecule has 0 spiro atoms. The Morgan fingerprint density at radius 2 is 2.00 bits per heavy atom. The van der Waals surface area contributed by atoms with Gasteiger partial charge in [-0.25, -0.2) is 4.68 Å². The molecule has 0 atom stereocenters. The average Bonchev–Trinajstić information content (AvgIpc) is 2.55. The molecule has 0 bridgehead atoms. The monoisotopic (exact) mass is 231 g/mol. The number of rotatable bonds is 3. The van der Waals surface area contributed by atoms with Crippen LogP contribution in [0.5, 0.6) is 11.6 Å². The van der Waals surface area contributed by atoms with Gasteiger partial charge in [0, 0.05) is 7.05 Å². The molecule has 2 rings (SSSR count). The van der Waals surface area contributed by atoms with Crippen LogP contribution < -0.4 is 10.5 Å². The summed E-state index contributed by atoms with van der Waals surface area (Å²) >= 11 is 0. The van der Waals surface area contributed by atoms with Crippen LogP contribution in [0.3, 0.4) is 0 Å². The van der Waals surface area contributed by atoms with E-state index in [2.05, 4.69) is 5.10 Å². The quantitative estimate of drug-likeness (QED) is 0.872. The standard InChI is InChI=1S/C12H13N3O2/c1-8-10(11(13)16)12(15(2)14-8)17-9-6-4-3-5-7-9/h3-7H,1-2H3,(H2,13,16). The molecular formula is C12H13N3O2. The molecule has 88 valence electrons. The number of nitrogens with zero attached hydrogens (tertiary/aromatic N) is 2. The average molecular weight is 231 g/mol. The number of benzene rings is 1. The molecule has 0 aliphatic heterocycles. The van der Waals surface area contributed by atoms with Crippen molar-refractivity contribution in [3.8, 4) is 11.6 Å². The molecule has 0 saturated carbocycles. The lowest BCUT2D eigenvalue weighted by atomic mass is 10.2. The molecule has 5 nitrogen and oxygen atoms in total. The summed E-state index contributed by atoms with van der Waals surface area (Å²) in [6.07, 6.45) is 0. The highest BCUT2D eigenvalue weighted by Gasteiger charge is 2.19. The summed E-state index contributed by atoms with van der Waals surface area (Å²) in [5, 5.41) is 4.12. The van der Waals surface area contributed by atoms with Gasteiger partial charge in [-0.2, -0.15) is 5.10 Å². The molecule has 0 saturated heterocycles. The van der Waals surface area contributed by atoms with Gasteiger partial charge in [-0.1, -0.05) is 18.2 Å². The van der Waals surface area contributed by atoms with Gasteiger partial charge in [-0.05, 0) is 19.1 Å². The molecule has 2 N–H and O–H groups in total. The van der Waals surface area contributed by atoms with Crippen LogP contribution in [0.2, 0.25) is 0 Å². The van der Waals surface area contributed by atoms with E-state index >= 15 is 0 Å². The largest absolute Gasteiger partial charge is 0.438 e. The molecule has 0 aliphatic rings. The van der Waals surface area contributed by atoms with Crippen molar-refractivity contribution in [1.29, 1.82) is 0 Å². The van der Waals surface area contributed by atoms with E-state index in [1.807, 2.05) is 18.2 Å². The Morgan fingerprint density at radius 3 is 2.59 bits per heavy atom. The van der Waals surface area contributed by atoms with Crippen molar-refractivity contribution in [2.75, 3.05) is 0 Å². The van der Waals surface area contributed by atoms with Gasteiger partial charge in [0.05, 0.1) is 5.69 Å². The van der Waals surface area contributed by atoms with Gasteiger partial charge in [0.2, 0.25) is 5.88 Å². The smallest absolute Gasteiger partial charge is 0.256 e. The van der Waals surface area contributed by atoms with E-state index in [0.29, 0.717) is 22.9 Å². The molecule has 5 heteroatoms. The summed E-state index contributed by atoms with van der Waals surface area (Å²) in [5.41, 5.74) is 6.19. The van der Waals surface area contributed by atoms with Crippen LogP contribution in [0.4, 0.5) is 0 Å². The summed E-state index contributed by atoms with van der Waals surface area (Å²) in [7, 11) is 1.71. The topological polar surface area (TPSA) is 70.1 Å². The van der Waals surface area contributed by atoms with Crippen molar-refractivity contribution >= 4 is 5.91 Å². The van der Waals surface area contributed by atoms with E-state index in [0.717, 1.165) is 0 Å². The maximum atomic E-state index is 11.3. The number of primary amides is 1. The molecule has 0 unspecified atom stereocenters. The maximum absolute atomic E-state index is 11.3. The molecule has 1 heterocycles. The highest BCUT2D eigenvalue weighted by Crippen LogP contribution is 2.26. The number of hydrogen-bond donors (Lipinski definition) is 1. The van der Waals surface area contributed by atoms with Gasteiger partial charge < -0.3 is 10.5 Å². The summed E-state index contributed by atoms with van der Waals surface area (Å²) in [6.45, 7) is 1.72. The van der Waals surface area contributed by atoms with Gasteiger partial charge in [0.1, 0.15) is 11.3 Å². The number of aromatic nitrogens is 2. The van der Waals surface area contributed by atoms with E-state index in [9.17, 15) is 4.79 Å². The highest BCUT2D eigenvalue weighted by molar-refractivity contribution is 5.96. The van der Waals surface area contributed by atoms with E-state index < -0.39 is 5.91 Å². The molecule has 1 aromatic heterocycles. The van der Waals surface area contributed by atoms with Gasteiger partial charge in [-0.3, -0.25) is 4.79 Å². The third-order valence-corrected chi connectivity index (χ3v) is 2.37. The second-order valence-electron chi connectivity index (χ2n) is 3.67. The van der Waals surface area contributed by atoms with Crippen LogP contribution >= 0.6 is 0 Å². The first-order valence-corrected chi connectivity index (χ1v) is 5.16. The molecule has 1 amide bonds. The molecule has 0 fully saturated rings. The van der Waals surface area contributed by atoms with Crippen molar-refractivity contribution in [3.05, 3.63) is 41.6 Å². The Labute approximate surface area is 98.8 Å². The van der Waals surface area contributed by atoms with Crippen LogP contribution in [-0.2, 0) is 7.05 Å². The van der Waals surface area contributed by atoms with Crippen molar-refractivity contribution in [1.82, 2.24) is 9.78 Å². The molecule has 0 radical (unpaired) electrons. The van der Waals surface area contributed by atoms with Crippen LogP contribution in [-0.4, -0.2) is 15.7 Å². The summed E-state index contributed by atoms with van der Waals surface area (Å²) in [4.78, 5) is 11.3. The zero-order valence-corrected chi connectivity index (χ0v) is 9.68. The van der Waals surface area contributed by atoms with Crippen molar-refractivity contribution in [2.24, 2.45) is 12.8 Å². The first-order chi connectivity index (χ1) is 8.09. The summed E-state index contributed by atoms with van der Waals surface area (Å²) in [5.74, 6) is 0.459. The Kier molecular flexibility index (Phi) is 2.82. The van der Waals surface area contributed by atoms with Crippen LogP contribution in [0.15, 0.2) is 30.3 Å². The minimum absolute atomic E-state index is 0.316. The van der Waals surface area contributed by atoms with E-state index in [1.165, 1.54) is 4.68 Å². The van der Waals surface area contributed by atoms with Crippen molar-refractivity contribution < 1.29 is 9.53 Å². The lowest BCUT2D eigenvalue weighted by Crippen LogP contribution is -2.13. The maximum Gasteiger partial charge on any atom is 0.256 e. The third kappa shape index (κ3) is 2.13. The minimum atomic E-state index is -0.540. The van der Waals surface area contributed by atoms with E-state index in [1.54, 1.807) is 26.1 Å². The highest BCUT2D eigenvalue weighted by atomic mass is 16.5. The Morgan fingerprint density at radius 1 is 1.35 bits per heavy atom. The van der Waals surface area contributed by atoms with Crippen LogP contribution in [0, 0.1) is 6.92 Å². The number of carbonyl (C=O) groups is 1. The summed E-state index contributed by atoms with van der Waals surface area (Å²) < 4.78 is 7.12. The van der Waals surface area contributed by atoms with Gasteiger partial charge in [-0.15, -0.1) is 0 Å². The second-order valence-corrected chi connectivity index (χ2v) is 3.67. The number of ether oxygens (including phenoxy) is 1. The SMILES string of the molecule is Cc1nn(C)c(Oc2ccccc2)c1C(N)=O. The molecule has 1 aromatic carbocycles. The minimum Gasteiger partial charge on any atom is -0.438 e. The predicted octanol–water partition coefficient (Wildman–Crippen LogP) is 1.62. The fourth-order valence-electron chi connectivity index (χ4n) is 1.64. The second kappa shape index (κ2) is 4.29. The number of hydrogen-bond acceptors (Lipinski definition) is 3. The zero-order valence-electron chi connectivity index (χ0n) is 9.68. The number of amides is 1. The number of para-hydroxylation sites is 1. The van der Waals surface area contributed by atoms with Gasteiger partial charge in [0.15, 0.2) is 0 Å². The molecule has 0 aliphatic carbocycles. The number of aryl methyl sites for hydroxylation is 2. The third-order valence-electron chi connectivity index (χ3n) is 2.37. The lowest BCUT2D eigenvalue weighted by molar-refractivity contribution is 0.0997. The molecular weight excluding hydrogens is 218 g/mol. The summed E-state index contributed by atoms with van der Waals surface area (Å²) in [6, 6.07) is 9.18.